The second-order valence-electron chi connectivity index (χ2n) is 10.4. The van der Waals surface area contributed by atoms with Crippen LogP contribution < -0.4 is 0 Å². The zero-order valence-electron chi connectivity index (χ0n) is 21.0. The van der Waals surface area contributed by atoms with Gasteiger partial charge in [0.2, 0.25) is 17.7 Å². The fraction of sp³-hybridized carbons (Fsp3) is 0.536. The maximum absolute atomic E-state index is 14.2. The van der Waals surface area contributed by atoms with E-state index in [9.17, 15) is 19.5 Å². The Bertz CT molecular complexity index is 1090. The van der Waals surface area contributed by atoms with E-state index < -0.39 is 29.1 Å². The van der Waals surface area contributed by atoms with Crippen LogP contribution in [0.3, 0.4) is 0 Å². The fourth-order valence-corrected chi connectivity index (χ4v) is 6.52. The standard InChI is InChI=1S/C28H35N3O5/c1-3-14-29-15-7-12-27(2)21(24(29)33)22-25(34)31(17-9-18-32)23-26(35)30(16-8-13-28(22,23)36-27)19-20-10-5-4-6-11-20/h4-8,10-13,21-23,32H,3,9,14-19H2,1-2H3/t21-,22-,23?,27+,28-/m0/s1. The van der Waals surface area contributed by atoms with Gasteiger partial charge in [-0.1, -0.05) is 61.6 Å². The third-order valence-electron chi connectivity index (χ3n) is 7.99. The van der Waals surface area contributed by atoms with Gasteiger partial charge in [-0.3, -0.25) is 14.4 Å². The lowest BCUT2D eigenvalue weighted by Gasteiger charge is -2.37. The number of fused-ring (bicyclic) bond motifs is 2. The molecule has 4 heterocycles. The van der Waals surface area contributed by atoms with Gasteiger partial charge in [0.1, 0.15) is 11.6 Å². The Kier molecular flexibility index (Phi) is 6.51. The minimum Gasteiger partial charge on any atom is -0.396 e. The molecule has 0 saturated carbocycles. The molecule has 3 amide bonds. The van der Waals surface area contributed by atoms with Crippen LogP contribution in [0.2, 0.25) is 0 Å². The molecule has 4 aliphatic rings. The second kappa shape index (κ2) is 9.48. The average Bonchev–Trinajstić information content (AvgIpc) is 3.14. The Hall–Kier alpha value is -2.97. The molecule has 8 heteroatoms. The molecule has 1 spiro atoms. The van der Waals surface area contributed by atoms with Crippen molar-refractivity contribution in [2.75, 3.05) is 32.8 Å². The number of rotatable bonds is 7. The summed E-state index contributed by atoms with van der Waals surface area (Å²) in [6.45, 7) is 5.89. The quantitative estimate of drug-likeness (QED) is 0.585. The first-order chi connectivity index (χ1) is 17.4. The summed E-state index contributed by atoms with van der Waals surface area (Å²) in [6, 6.07) is 8.86. The van der Waals surface area contributed by atoms with Crippen molar-refractivity contribution in [3.05, 3.63) is 60.2 Å². The van der Waals surface area contributed by atoms with E-state index in [0.29, 0.717) is 32.6 Å². The Balaban J connectivity index is 1.58. The van der Waals surface area contributed by atoms with Gasteiger partial charge in [0.15, 0.2) is 0 Å². The van der Waals surface area contributed by atoms with Crippen molar-refractivity contribution in [3.63, 3.8) is 0 Å². The number of likely N-dealkylation sites (tertiary alicyclic amines) is 1. The lowest BCUT2D eigenvalue weighted by Crippen LogP contribution is -2.55. The molecule has 192 valence electrons. The summed E-state index contributed by atoms with van der Waals surface area (Å²) in [4.78, 5) is 47.2. The number of amides is 3. The lowest BCUT2D eigenvalue weighted by atomic mass is 9.74. The number of nitrogens with zero attached hydrogens (tertiary/aromatic N) is 3. The molecule has 0 bridgehead atoms. The normalized spacial score (nSPS) is 33.5. The van der Waals surface area contributed by atoms with Crippen LogP contribution in [0.5, 0.6) is 0 Å². The van der Waals surface area contributed by atoms with Crippen LogP contribution in [-0.4, -0.2) is 87.6 Å². The van der Waals surface area contributed by atoms with Crippen LogP contribution in [0.15, 0.2) is 54.6 Å². The topological polar surface area (TPSA) is 90.4 Å². The van der Waals surface area contributed by atoms with E-state index in [1.807, 2.05) is 68.5 Å². The van der Waals surface area contributed by atoms with Crippen molar-refractivity contribution >= 4 is 17.7 Å². The predicted molar refractivity (Wildman–Crippen MR) is 133 cm³/mol. The van der Waals surface area contributed by atoms with Gasteiger partial charge < -0.3 is 24.5 Å². The zero-order valence-corrected chi connectivity index (χ0v) is 21.0. The number of ether oxygens (including phenoxy) is 1. The van der Waals surface area contributed by atoms with Crippen molar-refractivity contribution in [1.29, 1.82) is 0 Å². The van der Waals surface area contributed by atoms with Crippen LogP contribution in [-0.2, 0) is 25.7 Å². The molecule has 1 N–H and O–H groups in total. The first kappa shape index (κ1) is 24.7. The molecular formula is C28H35N3O5. The third-order valence-corrected chi connectivity index (χ3v) is 7.99. The van der Waals surface area contributed by atoms with E-state index in [0.717, 1.165) is 12.0 Å². The summed E-state index contributed by atoms with van der Waals surface area (Å²) in [6.07, 6.45) is 8.78. The summed E-state index contributed by atoms with van der Waals surface area (Å²) >= 11 is 0. The molecule has 0 aliphatic carbocycles. The molecule has 5 atom stereocenters. The molecule has 5 rings (SSSR count). The first-order valence-corrected chi connectivity index (χ1v) is 12.9. The molecule has 2 saturated heterocycles. The summed E-state index contributed by atoms with van der Waals surface area (Å²) in [5.41, 5.74) is -1.25. The third kappa shape index (κ3) is 3.78. The van der Waals surface area contributed by atoms with Crippen molar-refractivity contribution in [2.45, 2.75) is 50.5 Å². The number of carbonyl (C=O) groups excluding carboxylic acids is 3. The van der Waals surface area contributed by atoms with Gasteiger partial charge >= 0.3 is 0 Å². The van der Waals surface area contributed by atoms with Gasteiger partial charge in [0.05, 0.1) is 17.4 Å². The van der Waals surface area contributed by atoms with E-state index in [4.69, 9.17) is 4.74 Å². The average molecular weight is 494 g/mol. The number of carbonyl (C=O) groups is 3. The number of benzene rings is 1. The molecule has 0 aromatic heterocycles. The Labute approximate surface area is 212 Å². The molecule has 8 nitrogen and oxygen atoms in total. The highest BCUT2D eigenvalue weighted by molar-refractivity contribution is 6.00. The maximum Gasteiger partial charge on any atom is 0.249 e. The van der Waals surface area contributed by atoms with Gasteiger partial charge in [0, 0.05) is 39.3 Å². The van der Waals surface area contributed by atoms with Crippen molar-refractivity contribution in [3.8, 4) is 0 Å². The summed E-state index contributed by atoms with van der Waals surface area (Å²) < 4.78 is 6.78. The van der Waals surface area contributed by atoms with Crippen LogP contribution in [0, 0.1) is 11.8 Å². The minimum atomic E-state index is -1.25. The summed E-state index contributed by atoms with van der Waals surface area (Å²) in [7, 11) is 0. The fourth-order valence-electron chi connectivity index (χ4n) is 6.52. The highest BCUT2D eigenvalue weighted by Crippen LogP contribution is 2.57. The number of aliphatic hydroxyl groups excluding tert-OH is 1. The van der Waals surface area contributed by atoms with Crippen LogP contribution in [0.1, 0.15) is 32.3 Å². The smallest absolute Gasteiger partial charge is 0.249 e. The van der Waals surface area contributed by atoms with Crippen molar-refractivity contribution < 1.29 is 24.2 Å². The van der Waals surface area contributed by atoms with E-state index in [1.54, 1.807) is 14.7 Å². The van der Waals surface area contributed by atoms with E-state index in [1.165, 1.54) is 0 Å². The highest BCUT2D eigenvalue weighted by atomic mass is 16.5. The first-order valence-electron chi connectivity index (χ1n) is 12.9. The number of hydrogen-bond acceptors (Lipinski definition) is 5. The molecule has 1 aromatic rings. The van der Waals surface area contributed by atoms with Crippen molar-refractivity contribution in [1.82, 2.24) is 14.7 Å². The molecule has 1 unspecified atom stereocenters. The zero-order chi connectivity index (χ0) is 25.5. The van der Waals surface area contributed by atoms with Gasteiger partial charge in [-0.15, -0.1) is 0 Å². The monoisotopic (exact) mass is 493 g/mol. The van der Waals surface area contributed by atoms with Gasteiger partial charge in [-0.25, -0.2) is 0 Å². The van der Waals surface area contributed by atoms with E-state index in [2.05, 4.69) is 0 Å². The molecule has 0 radical (unpaired) electrons. The Morgan fingerprint density at radius 3 is 2.39 bits per heavy atom. The second-order valence-corrected chi connectivity index (χ2v) is 10.4. The summed E-state index contributed by atoms with van der Waals surface area (Å²) in [5.74, 6) is -2.08. The number of aliphatic hydroxyl groups is 1. The Morgan fingerprint density at radius 2 is 1.67 bits per heavy atom. The van der Waals surface area contributed by atoms with Gasteiger partial charge in [-0.05, 0) is 25.3 Å². The molecule has 2 fully saturated rings. The van der Waals surface area contributed by atoms with Gasteiger partial charge in [0.25, 0.3) is 0 Å². The highest BCUT2D eigenvalue weighted by Gasteiger charge is 2.74. The minimum absolute atomic E-state index is 0.0973. The summed E-state index contributed by atoms with van der Waals surface area (Å²) in [5, 5.41) is 9.53. The predicted octanol–water partition coefficient (Wildman–Crippen LogP) is 1.75. The molecule has 1 aromatic carbocycles. The largest absolute Gasteiger partial charge is 0.396 e. The van der Waals surface area contributed by atoms with Crippen LogP contribution in [0.25, 0.3) is 0 Å². The number of hydrogen-bond donors (Lipinski definition) is 1. The Morgan fingerprint density at radius 1 is 0.944 bits per heavy atom. The maximum atomic E-state index is 14.2. The van der Waals surface area contributed by atoms with Crippen LogP contribution in [0.4, 0.5) is 0 Å². The molecule has 4 aliphatic heterocycles. The molecule has 36 heavy (non-hydrogen) atoms. The molecular weight excluding hydrogens is 458 g/mol. The van der Waals surface area contributed by atoms with Crippen LogP contribution >= 0.6 is 0 Å². The SMILES string of the molecule is CCCN1CC=C[C@@]2(C)O[C@]34C=CCN(Cc5ccccc5)C(=O)C3N(CCCO)C(=O)[C@@H]4[C@H]2C1=O. The lowest BCUT2D eigenvalue weighted by molar-refractivity contribution is -0.153. The van der Waals surface area contributed by atoms with E-state index >= 15 is 0 Å². The van der Waals surface area contributed by atoms with E-state index in [-0.39, 0.29) is 30.9 Å². The van der Waals surface area contributed by atoms with Crippen molar-refractivity contribution in [2.24, 2.45) is 11.8 Å². The van der Waals surface area contributed by atoms with Gasteiger partial charge in [-0.2, -0.15) is 0 Å².